The van der Waals surface area contributed by atoms with Crippen molar-refractivity contribution >= 4 is 11.9 Å². The van der Waals surface area contributed by atoms with E-state index < -0.39 is 5.97 Å². The number of carbonyl (C=O) groups is 2. The second-order valence-electron chi connectivity index (χ2n) is 5.88. The average molecular weight is 274 g/mol. The maximum atomic E-state index is 12.0. The van der Waals surface area contributed by atoms with Gasteiger partial charge in [0.15, 0.2) is 0 Å². The lowest BCUT2D eigenvalue weighted by molar-refractivity contribution is 0.0695. The van der Waals surface area contributed by atoms with Crippen molar-refractivity contribution < 1.29 is 14.7 Å². The van der Waals surface area contributed by atoms with E-state index in [1.54, 1.807) is 0 Å². The van der Waals surface area contributed by atoms with Crippen LogP contribution < -0.4 is 5.32 Å². The first-order valence-corrected chi connectivity index (χ1v) is 7.11. The summed E-state index contributed by atoms with van der Waals surface area (Å²) in [5, 5.41) is 11.7. The van der Waals surface area contributed by atoms with Crippen molar-refractivity contribution in [3.8, 4) is 0 Å². The summed E-state index contributed by atoms with van der Waals surface area (Å²) in [7, 11) is 0. The van der Waals surface area contributed by atoms with Crippen molar-refractivity contribution in [2.45, 2.75) is 25.7 Å². The minimum atomic E-state index is -1.04. The molecule has 0 radical (unpaired) electrons. The quantitative estimate of drug-likeness (QED) is 0.879. The van der Waals surface area contributed by atoms with E-state index in [2.05, 4.69) is 10.3 Å². The molecule has 2 N–H and O–H groups in total. The summed E-state index contributed by atoms with van der Waals surface area (Å²) in [6, 6.07) is 2.86. The molecule has 1 amide bonds. The lowest BCUT2D eigenvalue weighted by atomic mass is 9.89. The van der Waals surface area contributed by atoms with Crippen LogP contribution in [0, 0.1) is 17.8 Å². The van der Waals surface area contributed by atoms with Crippen molar-refractivity contribution in [2.75, 3.05) is 6.54 Å². The summed E-state index contributed by atoms with van der Waals surface area (Å²) >= 11 is 0. The number of hydrogen-bond donors (Lipinski definition) is 2. The molecule has 2 bridgehead atoms. The van der Waals surface area contributed by atoms with Crippen molar-refractivity contribution in [1.82, 2.24) is 10.3 Å². The van der Waals surface area contributed by atoms with Crippen LogP contribution in [0.3, 0.4) is 0 Å². The standard InChI is InChI=1S/C15H18N2O3/c18-14(13-4-3-11(7-16-13)15(19)20)17-8-12-6-9-1-2-10(12)5-9/h3-4,7,9-10,12H,1-2,5-6,8H2,(H,17,18)(H,19,20). The maximum absolute atomic E-state index is 12.0. The third kappa shape index (κ3) is 2.53. The van der Waals surface area contributed by atoms with Crippen LogP contribution in [0.4, 0.5) is 0 Å². The molecule has 0 saturated heterocycles. The molecule has 20 heavy (non-hydrogen) atoms. The number of nitrogens with one attached hydrogen (secondary N) is 1. The van der Waals surface area contributed by atoms with Crippen molar-refractivity contribution in [3.63, 3.8) is 0 Å². The van der Waals surface area contributed by atoms with E-state index in [0.29, 0.717) is 12.5 Å². The van der Waals surface area contributed by atoms with E-state index in [1.807, 2.05) is 0 Å². The highest BCUT2D eigenvalue weighted by Gasteiger charge is 2.39. The number of carboxylic acids is 1. The Bertz CT molecular complexity index is 526. The zero-order chi connectivity index (χ0) is 14.1. The molecule has 0 spiro atoms. The van der Waals surface area contributed by atoms with Crippen LogP contribution in [0.25, 0.3) is 0 Å². The molecule has 2 aliphatic carbocycles. The van der Waals surface area contributed by atoms with Crippen LogP contribution in [-0.2, 0) is 0 Å². The Morgan fingerprint density at radius 2 is 2.15 bits per heavy atom. The molecule has 1 aromatic rings. The lowest BCUT2D eigenvalue weighted by Gasteiger charge is -2.21. The Hall–Kier alpha value is -1.91. The Balaban J connectivity index is 1.55. The fraction of sp³-hybridized carbons (Fsp3) is 0.533. The number of carbonyl (C=O) groups excluding carboxylic acids is 1. The minimum Gasteiger partial charge on any atom is -0.478 e. The highest BCUT2D eigenvalue weighted by Crippen LogP contribution is 2.47. The molecule has 2 fully saturated rings. The summed E-state index contributed by atoms with van der Waals surface area (Å²) in [5.41, 5.74) is 0.368. The van der Waals surface area contributed by atoms with Crippen LogP contribution >= 0.6 is 0 Å². The first-order chi connectivity index (χ1) is 9.63. The second-order valence-corrected chi connectivity index (χ2v) is 5.88. The molecule has 2 aliphatic rings. The van der Waals surface area contributed by atoms with E-state index in [1.165, 1.54) is 44.0 Å². The normalized spacial score (nSPS) is 27.5. The van der Waals surface area contributed by atoms with Gasteiger partial charge in [0.05, 0.1) is 5.56 Å². The van der Waals surface area contributed by atoms with Gasteiger partial charge in [-0.15, -0.1) is 0 Å². The number of aromatic nitrogens is 1. The van der Waals surface area contributed by atoms with Crippen LogP contribution in [0.1, 0.15) is 46.5 Å². The van der Waals surface area contributed by atoms with Gasteiger partial charge in [0.1, 0.15) is 5.69 Å². The highest BCUT2D eigenvalue weighted by atomic mass is 16.4. The van der Waals surface area contributed by atoms with Crippen LogP contribution in [-0.4, -0.2) is 28.5 Å². The molecule has 5 heteroatoms. The molecule has 3 rings (SSSR count). The van der Waals surface area contributed by atoms with Crippen molar-refractivity contribution in [2.24, 2.45) is 17.8 Å². The third-order valence-electron chi connectivity index (χ3n) is 4.65. The van der Waals surface area contributed by atoms with E-state index in [9.17, 15) is 9.59 Å². The number of rotatable bonds is 4. The lowest BCUT2D eigenvalue weighted by Crippen LogP contribution is -2.32. The highest BCUT2D eigenvalue weighted by molar-refractivity contribution is 5.93. The van der Waals surface area contributed by atoms with Crippen LogP contribution in [0.5, 0.6) is 0 Å². The largest absolute Gasteiger partial charge is 0.478 e. The molecule has 2 saturated carbocycles. The summed E-state index contributed by atoms with van der Waals surface area (Å²) < 4.78 is 0. The molecular formula is C15H18N2O3. The van der Waals surface area contributed by atoms with Crippen LogP contribution in [0.15, 0.2) is 18.3 Å². The van der Waals surface area contributed by atoms with Gasteiger partial charge in [-0.25, -0.2) is 4.79 Å². The minimum absolute atomic E-state index is 0.0923. The average Bonchev–Trinajstić information content (AvgIpc) is 3.07. The third-order valence-corrected chi connectivity index (χ3v) is 4.65. The topological polar surface area (TPSA) is 79.3 Å². The Labute approximate surface area is 117 Å². The summed E-state index contributed by atoms with van der Waals surface area (Å²) in [6.45, 7) is 0.711. The molecule has 1 heterocycles. The number of amides is 1. The van der Waals surface area contributed by atoms with E-state index >= 15 is 0 Å². The Kier molecular flexibility index (Phi) is 3.42. The molecule has 1 aromatic heterocycles. The predicted octanol–water partition coefficient (Wildman–Crippen LogP) is 1.95. The SMILES string of the molecule is O=C(O)c1ccc(C(=O)NCC2CC3CCC2C3)nc1. The molecular weight excluding hydrogens is 256 g/mol. The van der Waals surface area contributed by atoms with Crippen molar-refractivity contribution in [3.05, 3.63) is 29.6 Å². The summed E-state index contributed by atoms with van der Waals surface area (Å²) in [6.07, 6.45) is 6.43. The van der Waals surface area contributed by atoms with E-state index in [4.69, 9.17) is 5.11 Å². The smallest absolute Gasteiger partial charge is 0.337 e. The molecule has 0 aromatic carbocycles. The van der Waals surface area contributed by atoms with Crippen LogP contribution in [0.2, 0.25) is 0 Å². The second kappa shape index (κ2) is 5.23. The van der Waals surface area contributed by atoms with Gasteiger partial charge in [-0.2, -0.15) is 0 Å². The van der Waals surface area contributed by atoms with Gasteiger partial charge in [-0.1, -0.05) is 6.42 Å². The number of fused-ring (bicyclic) bond motifs is 2. The van der Waals surface area contributed by atoms with Gasteiger partial charge >= 0.3 is 5.97 Å². The van der Waals surface area contributed by atoms with Crippen molar-refractivity contribution in [1.29, 1.82) is 0 Å². The Morgan fingerprint density at radius 3 is 2.70 bits per heavy atom. The first-order valence-electron chi connectivity index (χ1n) is 7.11. The molecule has 106 valence electrons. The molecule has 3 atom stereocenters. The molecule has 0 aliphatic heterocycles. The summed E-state index contributed by atoms with van der Waals surface area (Å²) in [4.78, 5) is 26.6. The summed E-state index contributed by atoms with van der Waals surface area (Å²) in [5.74, 6) is 1.00. The number of aromatic carboxylic acids is 1. The van der Waals surface area contributed by atoms with Gasteiger partial charge in [0.25, 0.3) is 5.91 Å². The fourth-order valence-electron chi connectivity index (χ4n) is 3.60. The number of nitrogens with zero attached hydrogens (tertiary/aromatic N) is 1. The van der Waals surface area contributed by atoms with Gasteiger partial charge in [-0.3, -0.25) is 9.78 Å². The van der Waals surface area contributed by atoms with Gasteiger partial charge in [0.2, 0.25) is 0 Å². The fourth-order valence-corrected chi connectivity index (χ4v) is 3.60. The van der Waals surface area contributed by atoms with Gasteiger partial charge < -0.3 is 10.4 Å². The first kappa shape index (κ1) is 13.1. The Morgan fingerprint density at radius 1 is 1.30 bits per heavy atom. The predicted molar refractivity (Wildman–Crippen MR) is 72.5 cm³/mol. The molecule has 5 nitrogen and oxygen atoms in total. The maximum Gasteiger partial charge on any atom is 0.337 e. The zero-order valence-electron chi connectivity index (χ0n) is 11.2. The monoisotopic (exact) mass is 274 g/mol. The molecule has 3 unspecified atom stereocenters. The van der Waals surface area contributed by atoms with E-state index in [0.717, 1.165) is 11.8 Å². The van der Waals surface area contributed by atoms with Gasteiger partial charge in [-0.05, 0) is 49.1 Å². The zero-order valence-corrected chi connectivity index (χ0v) is 11.2. The number of carboxylic acid groups (broad SMARTS) is 1. The number of hydrogen-bond acceptors (Lipinski definition) is 3. The van der Waals surface area contributed by atoms with Gasteiger partial charge in [0, 0.05) is 12.7 Å². The van der Waals surface area contributed by atoms with E-state index in [-0.39, 0.29) is 17.2 Å². The number of pyridine rings is 1.